The Labute approximate surface area is 104 Å². The molecule has 1 aromatic rings. The van der Waals surface area contributed by atoms with Gasteiger partial charge in [-0.2, -0.15) is 0 Å². The molecule has 1 rings (SSSR count). The second kappa shape index (κ2) is 6.42. The molecule has 0 aliphatic heterocycles. The molecule has 4 heteroatoms. The van der Waals surface area contributed by atoms with Gasteiger partial charge in [-0.3, -0.25) is 0 Å². The van der Waals surface area contributed by atoms with Gasteiger partial charge in [-0.25, -0.2) is 9.97 Å². The monoisotopic (exact) mass is 236 g/mol. The number of nitrogens with zero attached hydrogens (tertiary/aromatic N) is 2. The van der Waals surface area contributed by atoms with E-state index < -0.39 is 0 Å². The van der Waals surface area contributed by atoms with Gasteiger partial charge in [0.15, 0.2) is 0 Å². The van der Waals surface area contributed by atoms with Crippen molar-refractivity contribution in [2.24, 2.45) is 5.92 Å². The van der Waals surface area contributed by atoms with E-state index in [1.807, 2.05) is 6.92 Å². The molecule has 0 saturated heterocycles. The number of aryl methyl sites for hydroxylation is 1. The van der Waals surface area contributed by atoms with Crippen LogP contribution in [-0.4, -0.2) is 16.0 Å². The van der Waals surface area contributed by atoms with Crippen LogP contribution in [0.2, 0.25) is 0 Å². The van der Waals surface area contributed by atoms with Gasteiger partial charge in [-0.05, 0) is 19.3 Å². The average Bonchev–Trinajstić information content (AvgIpc) is 2.27. The zero-order valence-electron chi connectivity index (χ0n) is 11.3. The van der Waals surface area contributed by atoms with Crippen molar-refractivity contribution in [3.05, 3.63) is 11.9 Å². The molecule has 17 heavy (non-hydrogen) atoms. The van der Waals surface area contributed by atoms with Crippen molar-refractivity contribution in [1.82, 2.24) is 9.97 Å². The van der Waals surface area contributed by atoms with Gasteiger partial charge in [0.2, 0.25) is 0 Å². The summed E-state index contributed by atoms with van der Waals surface area (Å²) in [6, 6.07) is 2.20. The number of anilines is 2. The first-order chi connectivity index (χ1) is 8.05. The predicted molar refractivity (Wildman–Crippen MR) is 73.0 cm³/mol. The summed E-state index contributed by atoms with van der Waals surface area (Å²) in [6.07, 6.45) is 3.15. The Balaban J connectivity index is 2.64. The molecule has 0 aliphatic carbocycles. The van der Waals surface area contributed by atoms with Crippen LogP contribution in [-0.2, 0) is 6.42 Å². The van der Waals surface area contributed by atoms with Gasteiger partial charge in [0.25, 0.3) is 0 Å². The highest BCUT2D eigenvalue weighted by Gasteiger charge is 2.08. The minimum Gasteiger partial charge on any atom is -0.384 e. The van der Waals surface area contributed by atoms with Gasteiger partial charge in [0.1, 0.15) is 17.5 Å². The molecular formula is C13H24N4. The van der Waals surface area contributed by atoms with E-state index in [9.17, 15) is 0 Å². The zero-order valence-corrected chi connectivity index (χ0v) is 11.3. The van der Waals surface area contributed by atoms with Crippen molar-refractivity contribution in [3.8, 4) is 0 Å². The molecule has 0 aliphatic rings. The Bertz CT molecular complexity index is 351. The molecule has 0 aromatic carbocycles. The SMILES string of the molecule is CCc1nc(N)cc(NC(C)CC(C)CC)n1. The fourth-order valence-corrected chi connectivity index (χ4v) is 1.83. The van der Waals surface area contributed by atoms with Crippen LogP contribution in [0.4, 0.5) is 11.6 Å². The molecule has 0 bridgehead atoms. The van der Waals surface area contributed by atoms with E-state index in [1.165, 1.54) is 6.42 Å². The number of hydrogen-bond acceptors (Lipinski definition) is 4. The Morgan fingerprint density at radius 1 is 1.29 bits per heavy atom. The van der Waals surface area contributed by atoms with Crippen molar-refractivity contribution in [3.63, 3.8) is 0 Å². The van der Waals surface area contributed by atoms with Crippen LogP contribution in [0, 0.1) is 5.92 Å². The van der Waals surface area contributed by atoms with Crippen LogP contribution < -0.4 is 11.1 Å². The van der Waals surface area contributed by atoms with E-state index in [4.69, 9.17) is 5.73 Å². The number of nitrogen functional groups attached to an aromatic ring is 1. The summed E-state index contributed by atoms with van der Waals surface area (Å²) >= 11 is 0. The second-order valence-corrected chi connectivity index (χ2v) is 4.74. The van der Waals surface area contributed by atoms with Crippen molar-refractivity contribution >= 4 is 11.6 Å². The van der Waals surface area contributed by atoms with Crippen molar-refractivity contribution in [2.75, 3.05) is 11.1 Å². The Morgan fingerprint density at radius 2 is 2.00 bits per heavy atom. The molecule has 0 spiro atoms. The molecule has 3 N–H and O–H groups in total. The van der Waals surface area contributed by atoms with Gasteiger partial charge in [0, 0.05) is 18.5 Å². The molecule has 1 heterocycles. The lowest BCUT2D eigenvalue weighted by Gasteiger charge is -2.18. The van der Waals surface area contributed by atoms with Gasteiger partial charge in [0.05, 0.1) is 0 Å². The highest BCUT2D eigenvalue weighted by atomic mass is 15.1. The lowest BCUT2D eigenvalue weighted by atomic mass is 10.0. The van der Waals surface area contributed by atoms with Crippen molar-refractivity contribution in [1.29, 1.82) is 0 Å². The fourth-order valence-electron chi connectivity index (χ4n) is 1.83. The summed E-state index contributed by atoms with van der Waals surface area (Å²) in [5, 5.41) is 3.39. The first-order valence-electron chi connectivity index (χ1n) is 6.45. The first kappa shape index (κ1) is 13.7. The molecule has 2 unspecified atom stereocenters. The molecule has 96 valence electrons. The smallest absolute Gasteiger partial charge is 0.132 e. The van der Waals surface area contributed by atoms with E-state index in [0.29, 0.717) is 11.9 Å². The maximum Gasteiger partial charge on any atom is 0.132 e. The van der Waals surface area contributed by atoms with Crippen LogP contribution in [0.5, 0.6) is 0 Å². The summed E-state index contributed by atoms with van der Waals surface area (Å²) in [5.74, 6) is 2.89. The topological polar surface area (TPSA) is 63.8 Å². The zero-order chi connectivity index (χ0) is 12.8. The molecule has 4 nitrogen and oxygen atoms in total. The maximum atomic E-state index is 5.75. The van der Waals surface area contributed by atoms with Crippen LogP contribution in [0.15, 0.2) is 6.07 Å². The Kier molecular flexibility index (Phi) is 5.19. The van der Waals surface area contributed by atoms with Crippen LogP contribution in [0.25, 0.3) is 0 Å². The van der Waals surface area contributed by atoms with E-state index in [0.717, 1.165) is 30.4 Å². The van der Waals surface area contributed by atoms with Gasteiger partial charge >= 0.3 is 0 Å². The lowest BCUT2D eigenvalue weighted by molar-refractivity contribution is 0.483. The molecule has 0 radical (unpaired) electrons. The normalized spacial score (nSPS) is 14.4. The third-order valence-electron chi connectivity index (χ3n) is 2.96. The van der Waals surface area contributed by atoms with Gasteiger partial charge in [-0.15, -0.1) is 0 Å². The molecule has 0 saturated carbocycles. The van der Waals surface area contributed by atoms with E-state index in [1.54, 1.807) is 6.07 Å². The summed E-state index contributed by atoms with van der Waals surface area (Å²) in [6.45, 7) is 8.69. The highest BCUT2D eigenvalue weighted by molar-refractivity contribution is 5.45. The summed E-state index contributed by atoms with van der Waals surface area (Å²) in [5.41, 5.74) is 5.75. The van der Waals surface area contributed by atoms with Crippen molar-refractivity contribution in [2.45, 2.75) is 53.0 Å². The number of nitrogens with one attached hydrogen (secondary N) is 1. The largest absolute Gasteiger partial charge is 0.384 e. The van der Waals surface area contributed by atoms with Crippen molar-refractivity contribution < 1.29 is 0 Å². The van der Waals surface area contributed by atoms with Gasteiger partial charge < -0.3 is 11.1 Å². The minimum absolute atomic E-state index is 0.406. The van der Waals surface area contributed by atoms with Crippen LogP contribution in [0.3, 0.4) is 0 Å². The summed E-state index contributed by atoms with van der Waals surface area (Å²) in [7, 11) is 0. The van der Waals surface area contributed by atoms with Crippen LogP contribution in [0.1, 0.15) is 46.4 Å². The number of rotatable bonds is 6. The van der Waals surface area contributed by atoms with E-state index in [-0.39, 0.29) is 0 Å². The Morgan fingerprint density at radius 3 is 2.59 bits per heavy atom. The predicted octanol–water partition coefficient (Wildman–Crippen LogP) is 2.86. The van der Waals surface area contributed by atoms with Crippen LogP contribution >= 0.6 is 0 Å². The fraction of sp³-hybridized carbons (Fsp3) is 0.692. The average molecular weight is 236 g/mol. The molecule has 2 atom stereocenters. The second-order valence-electron chi connectivity index (χ2n) is 4.74. The molecular weight excluding hydrogens is 212 g/mol. The number of nitrogens with two attached hydrogens (primary N) is 1. The molecule has 0 amide bonds. The van der Waals surface area contributed by atoms with E-state index in [2.05, 4.69) is 36.1 Å². The number of aromatic nitrogens is 2. The minimum atomic E-state index is 0.406. The maximum absolute atomic E-state index is 5.75. The summed E-state index contributed by atoms with van der Waals surface area (Å²) < 4.78 is 0. The number of hydrogen-bond donors (Lipinski definition) is 2. The first-order valence-corrected chi connectivity index (χ1v) is 6.45. The standard InChI is InChI=1S/C13H24N4/c1-5-9(3)7-10(4)15-13-8-11(14)16-12(6-2)17-13/h8-10H,5-7H2,1-4H3,(H3,14,15,16,17). The Hall–Kier alpha value is -1.32. The molecule has 0 fully saturated rings. The highest BCUT2D eigenvalue weighted by Crippen LogP contribution is 2.15. The molecule has 1 aromatic heterocycles. The van der Waals surface area contributed by atoms with E-state index >= 15 is 0 Å². The quantitative estimate of drug-likeness (QED) is 0.797. The lowest BCUT2D eigenvalue weighted by Crippen LogP contribution is -2.19. The van der Waals surface area contributed by atoms with Gasteiger partial charge in [-0.1, -0.05) is 27.2 Å². The third kappa shape index (κ3) is 4.59. The third-order valence-corrected chi connectivity index (χ3v) is 2.96. The summed E-state index contributed by atoms with van der Waals surface area (Å²) in [4.78, 5) is 8.59.